The fraction of sp³-hybridized carbons (Fsp3) is 0.318. The number of Topliss-reactive ketones (excluding diaryl/α,β-unsaturated/α-hetero) is 1. The van der Waals surface area contributed by atoms with E-state index in [1.54, 1.807) is 36.4 Å². The topological polar surface area (TPSA) is 81.7 Å². The first-order chi connectivity index (χ1) is 13.3. The average Bonchev–Trinajstić information content (AvgIpc) is 2.68. The number of benzene rings is 2. The third-order valence-corrected chi connectivity index (χ3v) is 4.29. The van der Waals surface area contributed by atoms with Crippen LogP contribution in [0.3, 0.4) is 0 Å². The second-order valence-electron chi connectivity index (χ2n) is 6.41. The summed E-state index contributed by atoms with van der Waals surface area (Å²) in [5, 5.41) is 2.49. The summed E-state index contributed by atoms with van der Waals surface area (Å²) in [6.45, 7) is 7.29. The van der Waals surface area contributed by atoms with Gasteiger partial charge < -0.3 is 14.8 Å². The lowest BCUT2D eigenvalue weighted by Gasteiger charge is -2.14. The number of carbonyl (C=O) groups is 3. The monoisotopic (exact) mass is 383 g/mol. The van der Waals surface area contributed by atoms with Crippen LogP contribution in [0, 0.1) is 13.8 Å². The molecule has 0 heterocycles. The van der Waals surface area contributed by atoms with Crippen LogP contribution in [-0.4, -0.2) is 36.9 Å². The summed E-state index contributed by atoms with van der Waals surface area (Å²) in [4.78, 5) is 36.8. The number of nitrogens with one attached hydrogen (secondary N) is 1. The molecule has 1 amide bonds. The van der Waals surface area contributed by atoms with Gasteiger partial charge >= 0.3 is 5.97 Å². The number of amides is 1. The number of hydrogen-bond donors (Lipinski definition) is 1. The minimum absolute atomic E-state index is 0.288. The normalized spacial score (nSPS) is 11.4. The maximum Gasteiger partial charge on any atom is 0.326 e. The van der Waals surface area contributed by atoms with E-state index < -0.39 is 18.0 Å². The highest BCUT2D eigenvalue weighted by Gasteiger charge is 2.21. The predicted octanol–water partition coefficient (Wildman–Crippen LogP) is 3.25. The molecule has 1 atom stereocenters. The van der Waals surface area contributed by atoms with Crippen molar-refractivity contribution in [3.63, 3.8) is 0 Å². The summed E-state index contributed by atoms with van der Waals surface area (Å²) in [6.07, 6.45) is -0.942. The lowest BCUT2D eigenvalue weighted by molar-refractivity contribution is -0.145. The van der Waals surface area contributed by atoms with E-state index in [0.29, 0.717) is 23.5 Å². The van der Waals surface area contributed by atoms with Gasteiger partial charge in [0.2, 0.25) is 5.78 Å². The number of rotatable bonds is 8. The Balaban J connectivity index is 1.92. The van der Waals surface area contributed by atoms with Crippen molar-refractivity contribution >= 4 is 17.7 Å². The van der Waals surface area contributed by atoms with Crippen molar-refractivity contribution in [1.29, 1.82) is 0 Å². The molecule has 0 saturated carbocycles. The summed E-state index contributed by atoms with van der Waals surface area (Å²) in [6, 6.07) is 12.1. The van der Waals surface area contributed by atoms with Gasteiger partial charge in [-0.15, -0.1) is 0 Å². The van der Waals surface area contributed by atoms with E-state index in [2.05, 4.69) is 5.32 Å². The minimum atomic E-state index is -0.942. The van der Waals surface area contributed by atoms with Crippen molar-refractivity contribution in [2.45, 2.75) is 33.8 Å². The Bertz CT molecular complexity index is 875. The van der Waals surface area contributed by atoms with Crippen molar-refractivity contribution in [1.82, 2.24) is 5.32 Å². The summed E-state index contributed by atoms with van der Waals surface area (Å²) < 4.78 is 10.6. The number of ether oxygens (including phenoxy) is 2. The predicted molar refractivity (Wildman–Crippen MR) is 106 cm³/mol. The standard InChI is InChI=1S/C22H25NO5/c1-5-27-19-9-7-6-8-18(19)22(26)23-13-20(24)28-16(4)21(25)17-11-10-14(2)15(3)12-17/h6-12,16H,5,13H2,1-4H3,(H,23,26)/t16-/m0/s1. The van der Waals surface area contributed by atoms with Gasteiger partial charge in [0.05, 0.1) is 12.2 Å². The van der Waals surface area contributed by atoms with Gasteiger partial charge in [0, 0.05) is 5.56 Å². The van der Waals surface area contributed by atoms with Crippen LogP contribution in [0.2, 0.25) is 0 Å². The van der Waals surface area contributed by atoms with Gasteiger partial charge in [0.1, 0.15) is 12.3 Å². The van der Waals surface area contributed by atoms with Crippen LogP contribution >= 0.6 is 0 Å². The van der Waals surface area contributed by atoms with Crippen molar-refractivity contribution < 1.29 is 23.9 Å². The molecule has 0 bridgehead atoms. The number of para-hydroxylation sites is 1. The van der Waals surface area contributed by atoms with Crippen molar-refractivity contribution in [3.05, 3.63) is 64.7 Å². The van der Waals surface area contributed by atoms with Gasteiger partial charge in [-0.1, -0.05) is 24.3 Å². The molecule has 1 N–H and O–H groups in total. The van der Waals surface area contributed by atoms with Crippen LogP contribution < -0.4 is 10.1 Å². The second kappa shape index (κ2) is 9.69. The third kappa shape index (κ3) is 5.42. The van der Waals surface area contributed by atoms with Crippen LogP contribution in [0.15, 0.2) is 42.5 Å². The zero-order chi connectivity index (χ0) is 20.7. The largest absolute Gasteiger partial charge is 0.493 e. The van der Waals surface area contributed by atoms with Gasteiger partial charge in [0.15, 0.2) is 6.10 Å². The van der Waals surface area contributed by atoms with Crippen LogP contribution in [-0.2, 0) is 9.53 Å². The Morgan fingerprint density at radius 2 is 1.75 bits per heavy atom. The number of carbonyl (C=O) groups excluding carboxylic acids is 3. The van der Waals surface area contributed by atoms with Crippen LogP contribution in [0.1, 0.15) is 45.7 Å². The van der Waals surface area contributed by atoms with E-state index in [0.717, 1.165) is 11.1 Å². The summed E-state index contributed by atoms with van der Waals surface area (Å²) in [7, 11) is 0. The Kier molecular flexibility index (Phi) is 7.32. The molecule has 148 valence electrons. The van der Waals surface area contributed by atoms with Gasteiger partial charge in [0.25, 0.3) is 5.91 Å². The highest BCUT2D eigenvalue weighted by Crippen LogP contribution is 2.17. The summed E-state index contributed by atoms with van der Waals surface area (Å²) in [5.41, 5.74) is 2.88. The zero-order valence-electron chi connectivity index (χ0n) is 16.6. The molecule has 28 heavy (non-hydrogen) atoms. The number of ketones is 1. The second-order valence-corrected chi connectivity index (χ2v) is 6.41. The van der Waals surface area contributed by atoms with Crippen LogP contribution in [0.25, 0.3) is 0 Å². The molecule has 2 rings (SSSR count). The minimum Gasteiger partial charge on any atom is -0.493 e. The fourth-order valence-electron chi connectivity index (χ4n) is 2.61. The summed E-state index contributed by atoms with van der Waals surface area (Å²) >= 11 is 0. The molecular formula is C22H25NO5. The van der Waals surface area contributed by atoms with E-state index in [1.165, 1.54) is 6.92 Å². The first-order valence-electron chi connectivity index (χ1n) is 9.14. The lowest BCUT2D eigenvalue weighted by Crippen LogP contribution is -2.34. The Morgan fingerprint density at radius 1 is 1.04 bits per heavy atom. The van der Waals surface area contributed by atoms with Crippen LogP contribution in [0.4, 0.5) is 0 Å². The maximum atomic E-state index is 12.4. The molecule has 0 spiro atoms. The molecule has 0 aliphatic heterocycles. The SMILES string of the molecule is CCOc1ccccc1C(=O)NCC(=O)O[C@@H](C)C(=O)c1ccc(C)c(C)c1. The molecule has 6 heteroatoms. The molecular weight excluding hydrogens is 358 g/mol. The molecule has 0 unspecified atom stereocenters. The van der Waals surface area contributed by atoms with Gasteiger partial charge in [-0.3, -0.25) is 14.4 Å². The number of hydrogen-bond acceptors (Lipinski definition) is 5. The highest BCUT2D eigenvalue weighted by atomic mass is 16.5. The highest BCUT2D eigenvalue weighted by molar-refractivity contribution is 6.01. The van der Waals surface area contributed by atoms with Crippen molar-refractivity contribution in [2.24, 2.45) is 0 Å². The molecule has 0 aromatic heterocycles. The Labute approximate surface area is 164 Å². The lowest BCUT2D eigenvalue weighted by atomic mass is 10.0. The molecule has 2 aromatic rings. The van der Waals surface area contributed by atoms with Crippen molar-refractivity contribution in [3.8, 4) is 5.75 Å². The molecule has 0 aliphatic rings. The first-order valence-corrected chi connectivity index (χ1v) is 9.14. The molecule has 0 saturated heterocycles. The molecule has 0 radical (unpaired) electrons. The zero-order valence-corrected chi connectivity index (χ0v) is 16.6. The van der Waals surface area contributed by atoms with E-state index in [4.69, 9.17) is 9.47 Å². The quantitative estimate of drug-likeness (QED) is 0.559. The summed E-state index contributed by atoms with van der Waals surface area (Å²) in [5.74, 6) is -0.986. The van der Waals surface area contributed by atoms with E-state index in [9.17, 15) is 14.4 Å². The molecule has 2 aromatic carbocycles. The molecule has 0 fully saturated rings. The van der Waals surface area contributed by atoms with Crippen molar-refractivity contribution in [2.75, 3.05) is 13.2 Å². The number of aryl methyl sites for hydroxylation is 2. The van der Waals surface area contributed by atoms with Gasteiger partial charge in [-0.25, -0.2) is 0 Å². The van der Waals surface area contributed by atoms with E-state index in [-0.39, 0.29) is 12.3 Å². The average molecular weight is 383 g/mol. The molecule has 0 aliphatic carbocycles. The number of esters is 1. The van der Waals surface area contributed by atoms with Gasteiger partial charge in [-0.05, 0) is 57.0 Å². The van der Waals surface area contributed by atoms with Crippen LogP contribution in [0.5, 0.6) is 5.75 Å². The smallest absolute Gasteiger partial charge is 0.326 e. The fourth-order valence-corrected chi connectivity index (χ4v) is 2.61. The van der Waals surface area contributed by atoms with E-state index >= 15 is 0 Å². The molecule has 6 nitrogen and oxygen atoms in total. The Hall–Kier alpha value is -3.15. The Morgan fingerprint density at radius 3 is 2.43 bits per heavy atom. The van der Waals surface area contributed by atoms with E-state index in [1.807, 2.05) is 26.8 Å². The first kappa shape index (κ1) is 21.2. The third-order valence-electron chi connectivity index (χ3n) is 4.29. The van der Waals surface area contributed by atoms with Gasteiger partial charge in [-0.2, -0.15) is 0 Å². The maximum absolute atomic E-state index is 12.4.